The van der Waals surface area contributed by atoms with E-state index < -0.39 is 11.2 Å². The molecule has 2 atom stereocenters. The minimum atomic E-state index is -0.670. The molecule has 32 heavy (non-hydrogen) atoms. The van der Waals surface area contributed by atoms with E-state index in [1.165, 1.54) is 0 Å². The molecule has 0 amide bonds. The fourth-order valence-corrected chi connectivity index (χ4v) is 3.01. The van der Waals surface area contributed by atoms with Crippen LogP contribution in [0.2, 0.25) is 0 Å². The lowest BCUT2D eigenvalue weighted by Gasteiger charge is -2.29. The Bertz CT molecular complexity index is 446. The molecule has 0 saturated heterocycles. The van der Waals surface area contributed by atoms with Crippen molar-refractivity contribution in [3.63, 3.8) is 0 Å². The summed E-state index contributed by atoms with van der Waals surface area (Å²) in [5, 5.41) is 12.0. The van der Waals surface area contributed by atoms with Crippen LogP contribution in [0, 0.1) is 11.8 Å². The molecule has 0 radical (unpaired) electrons. The van der Waals surface area contributed by atoms with Gasteiger partial charge in [0.25, 0.3) is 0 Å². The molecule has 0 bridgehead atoms. The van der Waals surface area contributed by atoms with E-state index in [0.29, 0.717) is 12.8 Å². The molecular weight excluding hydrogens is 416 g/mol. The molecule has 0 aliphatic heterocycles. The van der Waals surface area contributed by atoms with E-state index in [0.717, 1.165) is 51.4 Å². The predicted molar refractivity (Wildman–Crippen MR) is 124 cm³/mol. The quantitative estimate of drug-likeness (QED) is 0.180. The first-order valence-electron chi connectivity index (χ1n) is 12.0. The maximum Gasteiger partial charge on any atom is 0.345 e. The number of hydrogen-bond acceptors (Lipinski definition) is 8. The molecule has 8 heteroatoms. The van der Waals surface area contributed by atoms with Crippen molar-refractivity contribution < 1.29 is 39.7 Å². The highest BCUT2D eigenvalue weighted by Crippen LogP contribution is 2.27. The third kappa shape index (κ3) is 15.6. The van der Waals surface area contributed by atoms with Gasteiger partial charge in [0.1, 0.15) is 11.2 Å². The SMILES string of the molecule is CCCCC(CC)C(=O)OOC(C)(C)CCC(C)(C)OOC(=O)C(CC)CCCC.OO. The Morgan fingerprint density at radius 3 is 1.25 bits per heavy atom. The largest absolute Gasteiger partial charge is 0.345 e. The minimum Gasteiger partial charge on any atom is -0.298 e. The number of carbonyl (C=O) groups excluding carboxylic acids is 2. The van der Waals surface area contributed by atoms with E-state index in [4.69, 9.17) is 30.1 Å². The van der Waals surface area contributed by atoms with Crippen molar-refractivity contribution in [3.8, 4) is 0 Å². The molecule has 0 aromatic rings. The molecule has 0 aliphatic rings. The van der Waals surface area contributed by atoms with Crippen LogP contribution in [0.15, 0.2) is 0 Å². The summed E-state index contributed by atoms with van der Waals surface area (Å²) in [5.74, 6) is -0.861. The van der Waals surface area contributed by atoms with Gasteiger partial charge in [-0.1, -0.05) is 53.4 Å². The highest BCUT2D eigenvalue weighted by molar-refractivity contribution is 5.72. The standard InChI is InChI=1S/C24H46O6.H2O2/c1-9-13-15-19(11-3)21(25)27-29-23(5,6)17-18-24(7,8)30-28-22(26)20(12-4)16-14-10-2;1-2/h19-20H,9-18H2,1-8H3;1-2H. The Hall–Kier alpha value is -1.22. The second-order valence-electron chi connectivity index (χ2n) is 9.49. The van der Waals surface area contributed by atoms with Crippen LogP contribution in [0.5, 0.6) is 0 Å². The van der Waals surface area contributed by atoms with Gasteiger partial charge in [-0.05, 0) is 66.2 Å². The molecule has 192 valence electrons. The van der Waals surface area contributed by atoms with Gasteiger partial charge in [-0.3, -0.25) is 20.3 Å². The van der Waals surface area contributed by atoms with Gasteiger partial charge >= 0.3 is 11.9 Å². The molecule has 0 heterocycles. The van der Waals surface area contributed by atoms with Gasteiger partial charge in [-0.2, -0.15) is 9.78 Å². The fourth-order valence-electron chi connectivity index (χ4n) is 3.01. The molecule has 0 spiro atoms. The van der Waals surface area contributed by atoms with Gasteiger partial charge in [0, 0.05) is 0 Å². The fraction of sp³-hybridized carbons (Fsp3) is 0.917. The number of carbonyl (C=O) groups is 2. The zero-order valence-corrected chi connectivity index (χ0v) is 21.6. The van der Waals surface area contributed by atoms with Crippen LogP contribution in [-0.4, -0.2) is 33.7 Å². The second kappa shape index (κ2) is 18.2. The zero-order valence-electron chi connectivity index (χ0n) is 21.6. The average molecular weight is 465 g/mol. The molecule has 0 aromatic carbocycles. The van der Waals surface area contributed by atoms with Crippen LogP contribution >= 0.6 is 0 Å². The topological polar surface area (TPSA) is 112 Å². The molecule has 2 unspecified atom stereocenters. The zero-order chi connectivity index (χ0) is 25.2. The Morgan fingerprint density at radius 1 is 0.688 bits per heavy atom. The van der Waals surface area contributed by atoms with E-state index in [1.54, 1.807) is 0 Å². The van der Waals surface area contributed by atoms with Crippen molar-refractivity contribution in [1.29, 1.82) is 0 Å². The maximum absolute atomic E-state index is 12.2. The van der Waals surface area contributed by atoms with Crippen LogP contribution in [0.1, 0.15) is 120 Å². The van der Waals surface area contributed by atoms with E-state index >= 15 is 0 Å². The molecule has 0 fully saturated rings. The first-order valence-corrected chi connectivity index (χ1v) is 12.0. The van der Waals surface area contributed by atoms with Crippen molar-refractivity contribution in [2.24, 2.45) is 11.8 Å². The normalized spacial score (nSPS) is 13.6. The van der Waals surface area contributed by atoms with Gasteiger partial charge in [0.05, 0.1) is 11.8 Å². The lowest BCUT2D eigenvalue weighted by molar-refractivity contribution is -0.343. The summed E-state index contributed by atoms with van der Waals surface area (Å²) in [4.78, 5) is 45.7. The van der Waals surface area contributed by atoms with Crippen molar-refractivity contribution >= 4 is 11.9 Å². The summed E-state index contributed by atoms with van der Waals surface area (Å²) >= 11 is 0. The van der Waals surface area contributed by atoms with E-state index in [-0.39, 0.29) is 23.8 Å². The van der Waals surface area contributed by atoms with Crippen molar-refractivity contribution in [2.75, 3.05) is 0 Å². The van der Waals surface area contributed by atoms with Gasteiger partial charge in [-0.15, -0.1) is 0 Å². The van der Waals surface area contributed by atoms with Crippen molar-refractivity contribution in [2.45, 2.75) is 131 Å². The third-order valence-electron chi connectivity index (χ3n) is 5.49. The number of hydrogen-bond donors (Lipinski definition) is 2. The summed E-state index contributed by atoms with van der Waals surface area (Å²) in [6.45, 7) is 15.7. The highest BCUT2D eigenvalue weighted by atomic mass is 17.2. The Morgan fingerprint density at radius 2 is 1.00 bits per heavy atom. The lowest BCUT2D eigenvalue weighted by atomic mass is 9.94. The van der Waals surface area contributed by atoms with Crippen LogP contribution in [0.3, 0.4) is 0 Å². The monoisotopic (exact) mass is 464 g/mol. The Kier molecular flexibility index (Phi) is 18.8. The van der Waals surface area contributed by atoms with E-state index in [2.05, 4.69) is 13.8 Å². The first kappa shape index (κ1) is 33.0. The summed E-state index contributed by atoms with van der Waals surface area (Å²) in [6, 6.07) is 0. The smallest absolute Gasteiger partial charge is 0.298 e. The molecule has 8 nitrogen and oxygen atoms in total. The van der Waals surface area contributed by atoms with Gasteiger partial charge in [-0.25, -0.2) is 9.59 Å². The van der Waals surface area contributed by atoms with Gasteiger partial charge in [0.2, 0.25) is 0 Å². The molecule has 0 rings (SSSR count). The van der Waals surface area contributed by atoms with E-state index in [9.17, 15) is 9.59 Å². The minimum absolute atomic E-state index is 0.126. The Balaban J connectivity index is 0. The van der Waals surface area contributed by atoms with E-state index in [1.807, 2.05) is 41.5 Å². The highest BCUT2D eigenvalue weighted by Gasteiger charge is 2.31. The number of unbranched alkanes of at least 4 members (excludes halogenated alkanes) is 2. The first-order chi connectivity index (χ1) is 15.0. The lowest BCUT2D eigenvalue weighted by Crippen LogP contribution is -2.34. The Labute approximate surface area is 194 Å². The predicted octanol–water partition coefficient (Wildman–Crippen LogP) is 6.72. The summed E-state index contributed by atoms with van der Waals surface area (Å²) in [5.41, 5.74) is -1.34. The maximum atomic E-state index is 12.2. The van der Waals surface area contributed by atoms with Gasteiger partial charge < -0.3 is 0 Å². The average Bonchev–Trinajstić information content (AvgIpc) is 2.77. The van der Waals surface area contributed by atoms with Crippen molar-refractivity contribution in [3.05, 3.63) is 0 Å². The summed E-state index contributed by atoms with van der Waals surface area (Å²) in [6.07, 6.45) is 8.36. The molecule has 0 aliphatic carbocycles. The third-order valence-corrected chi connectivity index (χ3v) is 5.49. The number of rotatable bonds is 17. The van der Waals surface area contributed by atoms with Crippen molar-refractivity contribution in [1.82, 2.24) is 0 Å². The summed E-state index contributed by atoms with van der Waals surface area (Å²) < 4.78 is 0. The molecule has 2 N–H and O–H groups in total. The molecule has 0 saturated carbocycles. The van der Waals surface area contributed by atoms with Crippen LogP contribution in [0.4, 0.5) is 0 Å². The van der Waals surface area contributed by atoms with Crippen LogP contribution in [-0.2, 0) is 29.1 Å². The van der Waals surface area contributed by atoms with Gasteiger partial charge in [0.15, 0.2) is 0 Å². The van der Waals surface area contributed by atoms with Crippen LogP contribution < -0.4 is 0 Å². The second-order valence-corrected chi connectivity index (χ2v) is 9.49. The van der Waals surface area contributed by atoms with Crippen LogP contribution in [0.25, 0.3) is 0 Å². The molecule has 0 aromatic heterocycles. The molecular formula is C24H48O8. The summed E-state index contributed by atoms with van der Waals surface area (Å²) in [7, 11) is 0.